The smallest absolute Gasteiger partial charge is 0.0795 e. The second kappa shape index (κ2) is 6.17. The van der Waals surface area contributed by atoms with Crippen LogP contribution in [0.15, 0.2) is 0 Å². The van der Waals surface area contributed by atoms with E-state index in [-0.39, 0.29) is 11.6 Å². The molecule has 3 atom stereocenters. The highest BCUT2D eigenvalue weighted by atomic mass is 16.5. The van der Waals surface area contributed by atoms with Crippen LogP contribution >= 0.6 is 0 Å². The van der Waals surface area contributed by atoms with E-state index in [9.17, 15) is 0 Å². The van der Waals surface area contributed by atoms with Gasteiger partial charge >= 0.3 is 0 Å². The number of rotatable bonds is 5. The lowest BCUT2D eigenvalue weighted by Gasteiger charge is -2.34. The normalized spacial score (nSPS) is 32.5. The van der Waals surface area contributed by atoms with Crippen LogP contribution in [0.1, 0.15) is 47.0 Å². The van der Waals surface area contributed by atoms with Crippen molar-refractivity contribution in [2.75, 3.05) is 13.7 Å². The highest BCUT2D eigenvalue weighted by Crippen LogP contribution is 2.30. The summed E-state index contributed by atoms with van der Waals surface area (Å²) in [6.45, 7) is 9.22. The molecule has 0 bridgehead atoms. The first-order valence-corrected chi connectivity index (χ1v) is 6.77. The summed E-state index contributed by atoms with van der Waals surface area (Å²) >= 11 is 0. The van der Waals surface area contributed by atoms with Gasteiger partial charge in [-0.15, -0.1) is 0 Å². The van der Waals surface area contributed by atoms with Crippen LogP contribution in [-0.4, -0.2) is 31.5 Å². The Labute approximate surface area is 106 Å². The Morgan fingerprint density at radius 1 is 1.18 bits per heavy atom. The first-order chi connectivity index (χ1) is 7.85. The fraction of sp³-hybridized carbons (Fsp3) is 1.00. The maximum Gasteiger partial charge on any atom is 0.0795 e. The summed E-state index contributed by atoms with van der Waals surface area (Å²) in [6.07, 6.45) is 4.05. The van der Waals surface area contributed by atoms with Crippen molar-refractivity contribution in [1.29, 1.82) is 0 Å². The van der Waals surface area contributed by atoms with Crippen molar-refractivity contribution in [3.63, 3.8) is 0 Å². The van der Waals surface area contributed by atoms with Crippen molar-refractivity contribution in [3.05, 3.63) is 0 Å². The average molecular weight is 243 g/mol. The van der Waals surface area contributed by atoms with E-state index in [0.717, 1.165) is 11.8 Å². The summed E-state index contributed by atoms with van der Waals surface area (Å²) in [5.74, 6) is 1.55. The summed E-state index contributed by atoms with van der Waals surface area (Å²) < 4.78 is 11.3. The van der Waals surface area contributed by atoms with Crippen molar-refractivity contribution in [1.82, 2.24) is 0 Å². The van der Waals surface area contributed by atoms with E-state index < -0.39 is 0 Å². The maximum absolute atomic E-state index is 6.10. The third kappa shape index (κ3) is 4.57. The van der Waals surface area contributed by atoms with Crippen LogP contribution in [-0.2, 0) is 9.47 Å². The molecular formula is C14H29NO2. The van der Waals surface area contributed by atoms with Crippen molar-refractivity contribution in [2.24, 2.45) is 17.6 Å². The molecule has 3 heteroatoms. The van der Waals surface area contributed by atoms with E-state index >= 15 is 0 Å². The predicted octanol–water partition coefficient (Wildman–Crippen LogP) is 2.58. The van der Waals surface area contributed by atoms with Crippen LogP contribution < -0.4 is 5.73 Å². The lowest BCUT2D eigenvalue weighted by atomic mass is 9.82. The highest BCUT2D eigenvalue weighted by molar-refractivity contribution is 4.83. The van der Waals surface area contributed by atoms with Crippen LogP contribution in [0.2, 0.25) is 0 Å². The molecular weight excluding hydrogens is 214 g/mol. The van der Waals surface area contributed by atoms with Gasteiger partial charge in [0.05, 0.1) is 24.4 Å². The zero-order valence-corrected chi connectivity index (χ0v) is 12.0. The van der Waals surface area contributed by atoms with E-state index in [2.05, 4.69) is 13.8 Å². The van der Waals surface area contributed by atoms with Crippen LogP contribution in [0.5, 0.6) is 0 Å². The third-order valence-corrected chi connectivity index (χ3v) is 4.07. The molecule has 1 saturated carbocycles. The van der Waals surface area contributed by atoms with Gasteiger partial charge in [-0.2, -0.15) is 0 Å². The van der Waals surface area contributed by atoms with Gasteiger partial charge in [0.15, 0.2) is 0 Å². The second-order valence-electron chi connectivity index (χ2n) is 6.29. The van der Waals surface area contributed by atoms with Gasteiger partial charge in [-0.25, -0.2) is 0 Å². The Hall–Kier alpha value is -0.120. The molecule has 3 unspecified atom stereocenters. The van der Waals surface area contributed by atoms with Crippen molar-refractivity contribution in [3.8, 4) is 0 Å². The van der Waals surface area contributed by atoms with Crippen molar-refractivity contribution < 1.29 is 9.47 Å². The minimum absolute atomic E-state index is 0.0694. The van der Waals surface area contributed by atoms with Gasteiger partial charge in [-0.1, -0.05) is 13.8 Å². The van der Waals surface area contributed by atoms with E-state index in [1.165, 1.54) is 19.3 Å². The lowest BCUT2D eigenvalue weighted by Crippen LogP contribution is -2.48. The summed E-state index contributed by atoms with van der Waals surface area (Å²) in [5, 5.41) is 0. The van der Waals surface area contributed by atoms with Crippen LogP contribution in [0.3, 0.4) is 0 Å². The zero-order valence-electron chi connectivity index (χ0n) is 12.0. The molecule has 2 N–H and O–H groups in total. The molecule has 0 heterocycles. The number of methoxy groups -OCH3 is 1. The Kier molecular flexibility index (Phi) is 5.42. The first-order valence-electron chi connectivity index (χ1n) is 6.77. The molecule has 3 nitrogen and oxygen atoms in total. The average Bonchev–Trinajstić information content (AvgIpc) is 2.24. The topological polar surface area (TPSA) is 44.5 Å². The molecule has 0 radical (unpaired) electrons. The van der Waals surface area contributed by atoms with Gasteiger partial charge in [-0.05, 0) is 44.9 Å². The number of hydrogen-bond donors (Lipinski definition) is 1. The molecule has 1 aliphatic carbocycles. The molecule has 0 amide bonds. The Morgan fingerprint density at radius 2 is 1.71 bits per heavy atom. The fourth-order valence-electron chi connectivity index (χ4n) is 2.60. The van der Waals surface area contributed by atoms with Gasteiger partial charge in [0.1, 0.15) is 0 Å². The first kappa shape index (κ1) is 14.9. The summed E-state index contributed by atoms with van der Waals surface area (Å²) in [7, 11) is 1.70. The number of hydrogen-bond acceptors (Lipinski definition) is 3. The fourth-order valence-corrected chi connectivity index (χ4v) is 2.60. The summed E-state index contributed by atoms with van der Waals surface area (Å²) in [6, 6.07) is -0.0694. The van der Waals surface area contributed by atoms with Gasteiger partial charge < -0.3 is 15.2 Å². The van der Waals surface area contributed by atoms with Crippen LogP contribution in [0.4, 0.5) is 0 Å². The summed E-state index contributed by atoms with van der Waals surface area (Å²) in [5.41, 5.74) is 5.78. The Morgan fingerprint density at radius 3 is 2.18 bits per heavy atom. The molecule has 0 aromatic heterocycles. The van der Waals surface area contributed by atoms with Gasteiger partial charge in [0.2, 0.25) is 0 Å². The molecule has 1 rings (SSSR count). The van der Waals surface area contributed by atoms with Gasteiger partial charge in [-0.3, -0.25) is 0 Å². The molecule has 1 aliphatic rings. The summed E-state index contributed by atoms with van der Waals surface area (Å²) in [4.78, 5) is 0. The maximum atomic E-state index is 6.10. The lowest BCUT2D eigenvalue weighted by molar-refractivity contribution is -0.0576. The monoisotopic (exact) mass is 243 g/mol. The minimum atomic E-state index is -0.314. The van der Waals surface area contributed by atoms with E-state index in [1.54, 1.807) is 7.11 Å². The highest BCUT2D eigenvalue weighted by Gasteiger charge is 2.29. The SMILES string of the molecule is COC(C)(C)C(N)COC1CC(C)CC(C)C1. The standard InChI is InChI=1S/C14H29NO2/c1-10-6-11(2)8-12(7-10)17-9-13(15)14(3,4)16-5/h10-13H,6-9,15H2,1-5H3. The number of ether oxygens (including phenoxy) is 2. The Bertz CT molecular complexity index is 220. The molecule has 0 saturated heterocycles. The second-order valence-corrected chi connectivity index (χ2v) is 6.29. The van der Waals surface area contributed by atoms with E-state index in [4.69, 9.17) is 15.2 Å². The van der Waals surface area contributed by atoms with E-state index in [0.29, 0.717) is 12.7 Å². The van der Waals surface area contributed by atoms with Crippen LogP contribution in [0.25, 0.3) is 0 Å². The predicted molar refractivity (Wildman–Crippen MR) is 71.0 cm³/mol. The van der Waals surface area contributed by atoms with E-state index in [1.807, 2.05) is 13.8 Å². The Balaban J connectivity index is 2.35. The van der Waals surface area contributed by atoms with Gasteiger partial charge in [0, 0.05) is 7.11 Å². The molecule has 102 valence electrons. The zero-order chi connectivity index (χ0) is 13.1. The number of nitrogens with two attached hydrogens (primary N) is 1. The quantitative estimate of drug-likeness (QED) is 0.807. The van der Waals surface area contributed by atoms with Gasteiger partial charge in [0.25, 0.3) is 0 Å². The van der Waals surface area contributed by atoms with Crippen molar-refractivity contribution >= 4 is 0 Å². The minimum Gasteiger partial charge on any atom is -0.377 e. The molecule has 0 aliphatic heterocycles. The molecule has 0 spiro atoms. The molecule has 0 aromatic carbocycles. The van der Waals surface area contributed by atoms with Crippen molar-refractivity contribution in [2.45, 2.75) is 64.7 Å². The third-order valence-electron chi connectivity index (χ3n) is 4.07. The molecule has 17 heavy (non-hydrogen) atoms. The molecule has 1 fully saturated rings. The van der Waals surface area contributed by atoms with Crippen LogP contribution in [0, 0.1) is 11.8 Å². The largest absolute Gasteiger partial charge is 0.377 e. The molecule has 0 aromatic rings.